The molecule has 0 bridgehead atoms. The topological polar surface area (TPSA) is 104 Å². The smallest absolute Gasteiger partial charge is 0.328 e. The highest BCUT2D eigenvalue weighted by Crippen LogP contribution is 2.09. The quantitative estimate of drug-likeness (QED) is 0.740. The molecule has 0 radical (unpaired) electrons. The van der Waals surface area contributed by atoms with Gasteiger partial charge in [-0.15, -0.1) is 0 Å². The van der Waals surface area contributed by atoms with Gasteiger partial charge >= 0.3 is 5.97 Å². The molecule has 21 heavy (non-hydrogen) atoms. The van der Waals surface area contributed by atoms with Crippen LogP contribution in [-0.4, -0.2) is 44.0 Å². The van der Waals surface area contributed by atoms with Crippen LogP contribution in [-0.2, 0) is 4.79 Å². The molecule has 7 nitrogen and oxygen atoms in total. The maximum atomic E-state index is 12.0. The molecule has 2 rings (SSSR count). The largest absolute Gasteiger partial charge is 0.480 e. The van der Waals surface area contributed by atoms with Gasteiger partial charge in [-0.25, -0.2) is 9.48 Å². The van der Waals surface area contributed by atoms with Crippen molar-refractivity contribution in [1.29, 1.82) is 0 Å². The lowest BCUT2D eigenvalue weighted by molar-refractivity contribution is -0.141. The van der Waals surface area contributed by atoms with Crippen molar-refractivity contribution in [3.63, 3.8) is 0 Å². The average Bonchev–Trinajstić information content (AvgIpc) is 2.98. The van der Waals surface area contributed by atoms with E-state index < -0.39 is 24.0 Å². The number of amides is 1. The first-order valence-corrected chi connectivity index (χ1v) is 6.31. The first kappa shape index (κ1) is 14.7. The third-order valence-corrected chi connectivity index (χ3v) is 2.93. The number of carbonyl (C=O) groups excluding carboxylic acids is 1. The van der Waals surface area contributed by atoms with E-state index in [1.54, 1.807) is 47.4 Å². The van der Waals surface area contributed by atoms with Crippen molar-refractivity contribution >= 4 is 11.9 Å². The van der Waals surface area contributed by atoms with Crippen molar-refractivity contribution in [1.82, 2.24) is 15.1 Å². The van der Waals surface area contributed by atoms with E-state index in [1.807, 2.05) is 0 Å². The Kier molecular flexibility index (Phi) is 4.34. The minimum atomic E-state index is -1.34. The number of aliphatic hydroxyl groups is 1. The number of nitrogens with one attached hydrogen (secondary N) is 1. The van der Waals surface area contributed by atoms with Crippen LogP contribution in [0.25, 0.3) is 5.69 Å². The summed E-state index contributed by atoms with van der Waals surface area (Å²) >= 11 is 0. The van der Waals surface area contributed by atoms with Gasteiger partial charge in [0, 0.05) is 18.0 Å². The van der Waals surface area contributed by atoms with E-state index in [4.69, 9.17) is 5.11 Å². The third-order valence-electron chi connectivity index (χ3n) is 2.93. The second-order valence-electron chi connectivity index (χ2n) is 4.53. The minimum Gasteiger partial charge on any atom is -0.480 e. The van der Waals surface area contributed by atoms with Crippen LogP contribution in [0.1, 0.15) is 17.3 Å². The molecule has 7 heteroatoms. The standard InChI is InChI=1S/C14H15N3O4/c1-9(18)12(14(20)21)16-13(19)10-3-5-11(6-4-10)17-8-2-7-15-17/h2-9,12,18H,1H3,(H,16,19)(H,20,21). The molecule has 0 fully saturated rings. The molecule has 0 aliphatic rings. The highest BCUT2D eigenvalue weighted by atomic mass is 16.4. The molecule has 2 atom stereocenters. The van der Waals surface area contributed by atoms with E-state index >= 15 is 0 Å². The normalized spacial score (nSPS) is 13.4. The number of hydrogen-bond donors (Lipinski definition) is 3. The molecule has 0 spiro atoms. The molecule has 0 aliphatic heterocycles. The Hall–Kier alpha value is -2.67. The summed E-state index contributed by atoms with van der Waals surface area (Å²) in [4.78, 5) is 22.9. The first-order valence-electron chi connectivity index (χ1n) is 6.31. The van der Waals surface area contributed by atoms with Crippen LogP contribution in [0.2, 0.25) is 0 Å². The minimum absolute atomic E-state index is 0.304. The van der Waals surface area contributed by atoms with Crippen LogP contribution in [0.5, 0.6) is 0 Å². The number of aromatic nitrogens is 2. The predicted octanol–water partition coefficient (Wildman–Crippen LogP) is 0.436. The van der Waals surface area contributed by atoms with Gasteiger partial charge in [-0.3, -0.25) is 4.79 Å². The molecule has 0 aliphatic carbocycles. The summed E-state index contributed by atoms with van der Waals surface area (Å²) in [5.74, 6) is -1.85. The number of carbonyl (C=O) groups is 2. The summed E-state index contributed by atoms with van der Waals surface area (Å²) in [6, 6.07) is 6.95. The molecule has 1 aromatic heterocycles. The maximum absolute atomic E-state index is 12.0. The lowest BCUT2D eigenvalue weighted by atomic mass is 10.1. The highest BCUT2D eigenvalue weighted by molar-refractivity contribution is 5.96. The number of hydrogen-bond acceptors (Lipinski definition) is 4. The summed E-state index contributed by atoms with van der Waals surface area (Å²) in [6.45, 7) is 1.31. The van der Waals surface area contributed by atoms with E-state index in [2.05, 4.69) is 10.4 Å². The summed E-state index contributed by atoms with van der Waals surface area (Å²) in [6.07, 6.45) is 2.22. The lowest BCUT2D eigenvalue weighted by Gasteiger charge is -2.17. The van der Waals surface area contributed by atoms with Gasteiger partial charge in [-0.1, -0.05) is 0 Å². The molecular formula is C14H15N3O4. The zero-order valence-electron chi connectivity index (χ0n) is 11.3. The van der Waals surface area contributed by atoms with E-state index in [0.717, 1.165) is 5.69 Å². The lowest BCUT2D eigenvalue weighted by Crippen LogP contribution is -2.47. The monoisotopic (exact) mass is 289 g/mol. The van der Waals surface area contributed by atoms with Crippen molar-refractivity contribution < 1.29 is 19.8 Å². The second kappa shape index (κ2) is 6.19. The summed E-state index contributed by atoms with van der Waals surface area (Å²) in [5.41, 5.74) is 1.08. The van der Waals surface area contributed by atoms with Gasteiger partial charge < -0.3 is 15.5 Å². The molecule has 110 valence electrons. The number of aliphatic hydroxyl groups excluding tert-OH is 1. The van der Waals surface area contributed by atoms with E-state index in [0.29, 0.717) is 5.56 Å². The summed E-state index contributed by atoms with van der Waals surface area (Å²) < 4.78 is 1.64. The Morgan fingerprint density at radius 2 is 1.95 bits per heavy atom. The van der Waals surface area contributed by atoms with Crippen LogP contribution in [0.15, 0.2) is 42.7 Å². The van der Waals surface area contributed by atoms with Crippen LogP contribution in [0.3, 0.4) is 0 Å². The number of benzene rings is 1. The highest BCUT2D eigenvalue weighted by Gasteiger charge is 2.25. The summed E-state index contributed by atoms with van der Waals surface area (Å²) in [5, 5.41) is 24.6. The Bertz CT molecular complexity index is 620. The van der Waals surface area contributed by atoms with Gasteiger partial charge in [-0.2, -0.15) is 5.10 Å². The van der Waals surface area contributed by atoms with E-state index in [9.17, 15) is 14.7 Å². The number of rotatable bonds is 5. The van der Waals surface area contributed by atoms with Crippen molar-refractivity contribution in [3.8, 4) is 5.69 Å². The zero-order valence-corrected chi connectivity index (χ0v) is 11.3. The van der Waals surface area contributed by atoms with Crippen molar-refractivity contribution in [2.75, 3.05) is 0 Å². The fourth-order valence-electron chi connectivity index (χ4n) is 1.80. The Labute approximate surface area is 120 Å². The maximum Gasteiger partial charge on any atom is 0.328 e. The fourth-order valence-corrected chi connectivity index (χ4v) is 1.80. The van der Waals surface area contributed by atoms with Gasteiger partial charge in [0.05, 0.1) is 11.8 Å². The molecule has 0 saturated heterocycles. The van der Waals surface area contributed by atoms with Gasteiger partial charge in [0.25, 0.3) is 5.91 Å². The number of nitrogens with zero attached hydrogens (tertiary/aromatic N) is 2. The van der Waals surface area contributed by atoms with E-state index in [-0.39, 0.29) is 0 Å². The van der Waals surface area contributed by atoms with Crippen molar-refractivity contribution in [2.45, 2.75) is 19.1 Å². The SMILES string of the molecule is CC(O)C(NC(=O)c1ccc(-n2cccn2)cc1)C(=O)O. The van der Waals surface area contributed by atoms with Crippen LogP contribution < -0.4 is 5.32 Å². The molecule has 1 amide bonds. The fraction of sp³-hybridized carbons (Fsp3) is 0.214. The summed E-state index contributed by atoms with van der Waals surface area (Å²) in [7, 11) is 0. The van der Waals surface area contributed by atoms with Crippen LogP contribution in [0, 0.1) is 0 Å². The van der Waals surface area contributed by atoms with Gasteiger partial charge in [0.1, 0.15) is 0 Å². The Morgan fingerprint density at radius 1 is 1.29 bits per heavy atom. The van der Waals surface area contributed by atoms with Gasteiger partial charge in [-0.05, 0) is 37.3 Å². The molecular weight excluding hydrogens is 274 g/mol. The van der Waals surface area contributed by atoms with Crippen molar-refractivity contribution in [2.24, 2.45) is 0 Å². The Balaban J connectivity index is 2.11. The number of carboxylic acid groups (broad SMARTS) is 1. The van der Waals surface area contributed by atoms with E-state index in [1.165, 1.54) is 6.92 Å². The molecule has 1 heterocycles. The molecule has 3 N–H and O–H groups in total. The average molecular weight is 289 g/mol. The number of carboxylic acids is 1. The molecule has 0 saturated carbocycles. The van der Waals surface area contributed by atoms with Gasteiger partial charge in [0.15, 0.2) is 6.04 Å². The van der Waals surface area contributed by atoms with Gasteiger partial charge in [0.2, 0.25) is 0 Å². The molecule has 1 aromatic carbocycles. The first-order chi connectivity index (χ1) is 9.99. The molecule has 2 unspecified atom stereocenters. The Morgan fingerprint density at radius 3 is 2.43 bits per heavy atom. The van der Waals surface area contributed by atoms with Crippen LogP contribution in [0.4, 0.5) is 0 Å². The predicted molar refractivity (Wildman–Crippen MR) is 74.1 cm³/mol. The van der Waals surface area contributed by atoms with Crippen molar-refractivity contribution in [3.05, 3.63) is 48.3 Å². The third kappa shape index (κ3) is 3.46. The van der Waals surface area contributed by atoms with Crippen LogP contribution >= 0.6 is 0 Å². The molecule has 2 aromatic rings. The number of aliphatic carboxylic acids is 1. The second-order valence-corrected chi connectivity index (χ2v) is 4.53. The zero-order chi connectivity index (χ0) is 15.4.